The number of amides is 2. The second-order valence-corrected chi connectivity index (χ2v) is 37.6. The number of halogens is 1. The molecule has 2 aliphatic rings. The number of nitriles is 1. The van der Waals surface area contributed by atoms with Gasteiger partial charge >= 0.3 is 0 Å². The normalized spacial score (nSPS) is 13.0. The van der Waals surface area contributed by atoms with Crippen molar-refractivity contribution in [3.8, 4) is 34.5 Å². The predicted molar refractivity (Wildman–Crippen MR) is 514 cm³/mol. The monoisotopic (exact) mass is 1860 g/mol. The Morgan fingerprint density at radius 3 is 1.64 bits per heavy atom. The Bertz CT molecular complexity index is 6610. The van der Waals surface area contributed by atoms with E-state index in [-0.39, 0.29) is 39.6 Å². The minimum absolute atomic E-state index is 0.0545. The minimum atomic E-state index is -3.62. The maximum absolute atomic E-state index is 13.3. The van der Waals surface area contributed by atoms with Crippen LogP contribution in [-0.4, -0.2) is 155 Å². The lowest BCUT2D eigenvalue weighted by molar-refractivity contribution is -0.134. The third-order valence-corrected chi connectivity index (χ3v) is 28.6. The molecule has 0 aliphatic carbocycles. The number of benzene rings is 11. The highest BCUT2D eigenvalue weighted by molar-refractivity contribution is 8.00. The van der Waals surface area contributed by atoms with Crippen LogP contribution in [-0.2, 0) is 35.9 Å². The van der Waals surface area contributed by atoms with Crippen molar-refractivity contribution >= 4 is 80.6 Å². The average molecular weight is 1860 g/mol. The van der Waals surface area contributed by atoms with E-state index in [0.29, 0.717) is 58.8 Å². The predicted octanol–water partition coefficient (Wildman–Crippen LogP) is 19.4. The number of ether oxygens (including phenoxy) is 1. The zero-order valence-electron chi connectivity index (χ0n) is 73.2. The molecule has 16 aromatic rings. The lowest BCUT2D eigenvalue weighted by Crippen LogP contribution is -2.42. The Hall–Kier alpha value is -13.0. The van der Waals surface area contributed by atoms with Crippen LogP contribution >= 0.6 is 58.8 Å². The molecule has 11 aromatic carbocycles. The van der Waals surface area contributed by atoms with E-state index in [1.54, 1.807) is 88.5 Å². The number of hydrogen-bond donors (Lipinski definition) is 1. The van der Waals surface area contributed by atoms with Gasteiger partial charge in [0.2, 0.25) is 27.0 Å². The van der Waals surface area contributed by atoms with Gasteiger partial charge in [-0.05, 0) is 205 Å². The molecule has 2 fully saturated rings. The van der Waals surface area contributed by atoms with Crippen molar-refractivity contribution in [2.45, 2.75) is 119 Å². The van der Waals surface area contributed by atoms with Crippen LogP contribution in [0.1, 0.15) is 101 Å². The van der Waals surface area contributed by atoms with Crippen LogP contribution in [0.2, 0.25) is 0 Å². The Kier molecular flexibility index (Phi) is 33.4. The molecule has 0 saturated carbocycles. The van der Waals surface area contributed by atoms with Gasteiger partial charge in [0.05, 0.1) is 63.4 Å². The first-order valence-electron chi connectivity index (χ1n) is 42.4. The first-order valence-corrected chi connectivity index (χ1v) is 48.5. The van der Waals surface area contributed by atoms with Gasteiger partial charge in [-0.25, -0.2) is 27.2 Å². The van der Waals surface area contributed by atoms with Crippen molar-refractivity contribution in [2.24, 2.45) is 0 Å². The van der Waals surface area contributed by atoms with Crippen molar-refractivity contribution in [1.29, 1.82) is 5.26 Å². The smallest absolute Gasteiger partial charge is 0.240 e. The summed E-state index contributed by atoms with van der Waals surface area (Å²) in [5, 5.41) is 53.0. The van der Waals surface area contributed by atoms with Crippen molar-refractivity contribution in [3.63, 3.8) is 0 Å². The molecular weight excluding hydrogens is 1760 g/mol. The van der Waals surface area contributed by atoms with E-state index in [1.807, 2.05) is 191 Å². The second-order valence-electron chi connectivity index (χ2n) is 30.6. The summed E-state index contributed by atoms with van der Waals surface area (Å²) in [7, 11) is -3.62. The number of tetrazole rings is 1. The molecule has 2 saturated heterocycles. The molecule has 7 heterocycles. The summed E-state index contributed by atoms with van der Waals surface area (Å²) in [5.41, 5.74) is 18.9. The number of sulfonamides is 1. The lowest BCUT2D eigenvalue weighted by Gasteiger charge is -2.30. The van der Waals surface area contributed by atoms with E-state index in [9.17, 15) is 22.4 Å². The molecule has 2 amide bonds. The molecule has 666 valence electrons. The summed E-state index contributed by atoms with van der Waals surface area (Å²) in [6, 6.07) is 90.8. The Balaban J connectivity index is 0.000000133. The van der Waals surface area contributed by atoms with E-state index >= 15 is 0 Å². The van der Waals surface area contributed by atoms with Crippen LogP contribution in [0.5, 0.6) is 0 Å². The highest BCUT2D eigenvalue weighted by Gasteiger charge is 2.33. The van der Waals surface area contributed by atoms with Gasteiger partial charge in [0, 0.05) is 44.2 Å². The van der Waals surface area contributed by atoms with Crippen molar-refractivity contribution in [2.75, 3.05) is 45.9 Å². The average Bonchev–Trinajstić information content (AvgIpc) is 1.53. The summed E-state index contributed by atoms with van der Waals surface area (Å²) in [6.07, 6.45) is 8.76. The van der Waals surface area contributed by atoms with Crippen LogP contribution in [0.3, 0.4) is 0 Å². The van der Waals surface area contributed by atoms with Gasteiger partial charge in [0.1, 0.15) is 41.6 Å². The number of carbonyl (C=O) groups excluding carboxylic acids is 2. The summed E-state index contributed by atoms with van der Waals surface area (Å²) < 4.78 is 56.4. The number of hydrogen-bond acceptors (Lipinski definition) is 22. The molecular formula is C99H97FN20O5S6. The van der Waals surface area contributed by atoms with E-state index in [2.05, 4.69) is 166 Å². The van der Waals surface area contributed by atoms with Gasteiger partial charge in [-0.15, -0.1) is 35.7 Å². The number of likely N-dealkylation sites (tertiary alicyclic amines) is 1. The molecule has 3 atom stereocenters. The molecule has 2 aliphatic heterocycles. The fourth-order valence-corrected chi connectivity index (χ4v) is 20.6. The van der Waals surface area contributed by atoms with E-state index in [1.165, 1.54) is 87.8 Å². The Morgan fingerprint density at radius 1 is 0.473 bits per heavy atom. The SMILES string of the molecule is Cc1ccc(C)c(-n2ncnc2SC(CNS(=O)(=O)c2ccccc2)c2ccccc2)c1.Cc1ccccc1-n1cnnc1SC(C(=O)N1CCCC1)c1ccccc1.Cc1ccccc1-n1nnnc1SC(C(=O)N1CCOCC1)c1ccccc1.Cc1ccccc1CSc1nncn1-c1cccc(C)c1C.N#Cc1cccc(CSc2nncn2-c2cccc(F)c2)c1. The first kappa shape index (κ1) is 94.2. The second kappa shape index (κ2) is 46.5. The van der Waals surface area contributed by atoms with E-state index < -0.39 is 15.3 Å². The quantitative estimate of drug-likeness (QED) is 0.0493. The van der Waals surface area contributed by atoms with Crippen LogP contribution in [0, 0.1) is 65.6 Å². The third-order valence-electron chi connectivity index (χ3n) is 21.6. The fourth-order valence-electron chi connectivity index (χ4n) is 14.3. The molecule has 0 bridgehead atoms. The Morgan fingerprint density at radius 2 is 1.00 bits per heavy atom. The molecule has 0 radical (unpaired) electrons. The number of nitrogens with zero attached hydrogens (tertiary/aromatic N) is 19. The lowest BCUT2D eigenvalue weighted by atomic mass is 10.1. The topological polar surface area (TPSA) is 286 Å². The third kappa shape index (κ3) is 25.2. The summed E-state index contributed by atoms with van der Waals surface area (Å²) in [4.78, 5) is 35.1. The van der Waals surface area contributed by atoms with Gasteiger partial charge in [-0.3, -0.25) is 23.3 Å². The van der Waals surface area contributed by atoms with Gasteiger partial charge in [-0.2, -0.15) is 15.0 Å². The first-order chi connectivity index (χ1) is 63.8. The molecule has 0 spiro atoms. The molecule has 1 N–H and O–H groups in total. The fraction of sp³-hybridized carbons (Fsp3) is 0.212. The number of nitrogens with one attached hydrogen (secondary N) is 1. The number of para-hydroxylation sites is 2. The molecule has 25 nitrogen and oxygen atoms in total. The highest BCUT2D eigenvalue weighted by atomic mass is 32.2. The standard InChI is InChI=1S/C24H24N4O2S2.C21H22N4OS.C20H21N5O2S.C18H19N3S.C16H11FN4S/c1-18-13-14-19(2)22(15-18)28-24(25-17-26-28)31-23(20-9-5-3-6-10-20)16-27-32(29,30)21-11-7-4-8-12-21;1-16-9-5-6-12-18(16)25-15-22-23-21(25)27-19(17-10-3-2-4-11-17)20(26)24-13-7-8-14-24;1-15-7-5-6-10-17(15)25-20(21-22-23-25)28-18(16-8-3-2-4-9-16)19(26)24-11-13-27-14-12-24;1-13-8-6-10-17(15(13)3)21-12-19-20-18(21)22-11-16-9-5-4-7-14(16)2;17-14-5-2-6-15(8-14)21-11-19-20-16(21)22-10-13-4-1-3-12(7-13)9-18/h3-15,17,23,27H,16H2,1-2H3;2-6,9-12,15,19H,7-8,13-14H2,1H3;2-10,18H,11-14H2,1H3;4-10,12H,11H2,1-3H3;1-8,11H,10H2. The molecule has 131 heavy (non-hydrogen) atoms. The molecule has 5 aromatic heterocycles. The van der Waals surface area contributed by atoms with Crippen molar-refractivity contribution in [3.05, 3.63) is 383 Å². The van der Waals surface area contributed by atoms with Crippen molar-refractivity contribution < 1.29 is 27.1 Å². The van der Waals surface area contributed by atoms with Crippen LogP contribution in [0.25, 0.3) is 28.4 Å². The minimum Gasteiger partial charge on any atom is -0.378 e. The zero-order chi connectivity index (χ0) is 91.4. The largest absolute Gasteiger partial charge is 0.378 e. The summed E-state index contributed by atoms with van der Waals surface area (Å²) in [5.74, 6) is 1.46. The van der Waals surface area contributed by atoms with Gasteiger partial charge in [0.25, 0.3) is 0 Å². The number of morpholine rings is 1. The van der Waals surface area contributed by atoms with Crippen LogP contribution in [0.15, 0.2) is 335 Å². The van der Waals surface area contributed by atoms with Crippen molar-refractivity contribution in [1.82, 2.24) is 93.8 Å². The maximum Gasteiger partial charge on any atom is 0.240 e. The van der Waals surface area contributed by atoms with Crippen LogP contribution in [0.4, 0.5) is 4.39 Å². The molecule has 18 rings (SSSR count). The number of rotatable bonds is 26. The zero-order valence-corrected chi connectivity index (χ0v) is 78.1. The molecule has 3 unspecified atom stereocenters. The maximum atomic E-state index is 13.3. The number of thioether (sulfide) groups is 5. The summed E-state index contributed by atoms with van der Waals surface area (Å²) >= 11 is 7.53. The summed E-state index contributed by atoms with van der Waals surface area (Å²) in [6.45, 7) is 18.8. The highest BCUT2D eigenvalue weighted by Crippen LogP contribution is 2.41. The van der Waals surface area contributed by atoms with Crippen LogP contribution < -0.4 is 4.72 Å². The number of carbonyl (C=O) groups is 2. The van der Waals surface area contributed by atoms with E-state index in [4.69, 9.17) is 10.00 Å². The van der Waals surface area contributed by atoms with Gasteiger partial charge in [0.15, 0.2) is 20.6 Å². The van der Waals surface area contributed by atoms with E-state index in [0.717, 1.165) is 109 Å². The Labute approximate surface area is 783 Å². The number of aryl methyl sites for hydroxylation is 6. The van der Waals surface area contributed by atoms with Gasteiger partial charge in [-0.1, -0.05) is 271 Å². The van der Waals surface area contributed by atoms with Gasteiger partial charge < -0.3 is 14.5 Å². The number of aromatic nitrogens is 16. The molecule has 32 heteroatoms.